The molecule has 0 aliphatic carbocycles. The van der Waals surface area contributed by atoms with Crippen molar-refractivity contribution in [1.29, 1.82) is 0 Å². The molecule has 5 atom stereocenters. The van der Waals surface area contributed by atoms with Crippen LogP contribution in [0.3, 0.4) is 0 Å². The highest BCUT2D eigenvalue weighted by atomic mass is 31.2. The van der Waals surface area contributed by atoms with E-state index in [1.807, 2.05) is 0 Å². The summed E-state index contributed by atoms with van der Waals surface area (Å²) < 4.78 is 68.5. The van der Waals surface area contributed by atoms with E-state index in [1.54, 1.807) is 0 Å². The van der Waals surface area contributed by atoms with Crippen LogP contribution in [-0.2, 0) is 65.4 Å². The smallest absolute Gasteiger partial charge is 0.462 e. The minimum atomic E-state index is -4.98. The van der Waals surface area contributed by atoms with E-state index in [2.05, 4.69) is 113 Å². The number of aliphatic hydroxyl groups is 1. The summed E-state index contributed by atoms with van der Waals surface area (Å²) in [6.07, 6.45) is 72.8. The molecule has 0 aliphatic heterocycles. The fraction of sp³-hybridized carbons (Fsp3) is 0.772. The van der Waals surface area contributed by atoms with E-state index in [1.165, 1.54) is 70.6 Å². The molecule has 98 heavy (non-hydrogen) atoms. The Morgan fingerprint density at radius 3 is 0.878 bits per heavy atom. The Morgan fingerprint density at radius 2 is 0.541 bits per heavy atom. The Labute approximate surface area is 595 Å². The molecule has 0 bridgehead atoms. The summed E-state index contributed by atoms with van der Waals surface area (Å²) in [5, 5.41) is 10.6. The molecule has 19 heteroatoms. The van der Waals surface area contributed by atoms with Crippen molar-refractivity contribution in [2.45, 2.75) is 354 Å². The van der Waals surface area contributed by atoms with E-state index in [4.69, 9.17) is 37.0 Å². The molecule has 0 rings (SSSR count). The molecule has 0 saturated heterocycles. The first-order valence-corrected chi connectivity index (χ1v) is 41.8. The second-order valence-corrected chi connectivity index (χ2v) is 28.8. The lowest BCUT2D eigenvalue weighted by Crippen LogP contribution is -2.30. The molecule has 0 aromatic carbocycles. The van der Waals surface area contributed by atoms with Crippen molar-refractivity contribution in [2.24, 2.45) is 0 Å². The zero-order valence-corrected chi connectivity index (χ0v) is 63.7. The van der Waals surface area contributed by atoms with Gasteiger partial charge in [-0.2, -0.15) is 0 Å². The van der Waals surface area contributed by atoms with Crippen LogP contribution in [0.25, 0.3) is 0 Å². The molecule has 0 aromatic heterocycles. The number of phosphoric acid groups is 2. The highest BCUT2D eigenvalue weighted by Crippen LogP contribution is 2.45. The average molecular weight is 1420 g/mol. The van der Waals surface area contributed by atoms with Crippen LogP contribution >= 0.6 is 15.6 Å². The third-order valence-corrected chi connectivity index (χ3v) is 18.2. The van der Waals surface area contributed by atoms with Gasteiger partial charge in [-0.3, -0.25) is 37.3 Å². The van der Waals surface area contributed by atoms with Gasteiger partial charge in [0.1, 0.15) is 19.3 Å². The number of ether oxygens (including phenoxy) is 4. The maximum atomic E-state index is 13.1. The quantitative estimate of drug-likeness (QED) is 0.0169. The zero-order valence-electron chi connectivity index (χ0n) is 62.0. The van der Waals surface area contributed by atoms with Crippen molar-refractivity contribution in [3.8, 4) is 0 Å². The van der Waals surface area contributed by atoms with Gasteiger partial charge in [-0.05, 0) is 135 Å². The number of carbonyl (C=O) groups is 4. The Hall–Kier alpha value is -3.76. The predicted octanol–water partition coefficient (Wildman–Crippen LogP) is 22.2. The summed E-state index contributed by atoms with van der Waals surface area (Å²) in [5.41, 5.74) is 0. The van der Waals surface area contributed by atoms with E-state index in [0.717, 1.165) is 186 Å². The van der Waals surface area contributed by atoms with Crippen LogP contribution in [0.15, 0.2) is 85.1 Å². The minimum Gasteiger partial charge on any atom is -0.462 e. The molecule has 0 spiro atoms. The Kier molecular flexibility index (Phi) is 68.9. The van der Waals surface area contributed by atoms with E-state index in [-0.39, 0.29) is 25.7 Å². The van der Waals surface area contributed by atoms with Gasteiger partial charge in [0.2, 0.25) is 0 Å². The molecule has 5 unspecified atom stereocenters. The maximum absolute atomic E-state index is 13.1. The molecule has 0 heterocycles. The highest BCUT2D eigenvalue weighted by Gasteiger charge is 2.30. The molecule has 3 N–H and O–H groups in total. The average Bonchev–Trinajstić information content (AvgIpc) is 0.986. The number of unbranched alkanes of at least 4 members (excludes halogenated alkanes) is 33. The SMILES string of the molecule is CC/C=C\C/C=C\C/C=C\CCCCCCCCCC(=O)OCC(COP(=O)(O)OCC(O)COP(=O)(O)OCC(COC(=O)CCCCCCC/C=C\C/C=C\CCCCC)OC(=O)CCCCCCC/C=C\CCCC)OC(=O)CCCCCCC/C=C\CCCCCCCC. The monoisotopic (exact) mass is 1420 g/mol. The predicted molar refractivity (Wildman–Crippen MR) is 399 cm³/mol. The van der Waals surface area contributed by atoms with Crippen molar-refractivity contribution in [3.05, 3.63) is 85.1 Å². The lowest BCUT2D eigenvalue weighted by molar-refractivity contribution is -0.161. The number of esters is 4. The van der Waals surface area contributed by atoms with Gasteiger partial charge in [-0.25, -0.2) is 9.13 Å². The molecule has 0 aromatic rings. The fourth-order valence-electron chi connectivity index (χ4n) is 10.4. The fourth-order valence-corrected chi connectivity index (χ4v) is 11.9. The third-order valence-electron chi connectivity index (χ3n) is 16.3. The number of rotatable bonds is 73. The molecular weight excluding hydrogens is 1280 g/mol. The second kappa shape index (κ2) is 71.6. The van der Waals surface area contributed by atoms with Gasteiger partial charge < -0.3 is 33.8 Å². The summed E-state index contributed by atoms with van der Waals surface area (Å²) in [6, 6.07) is 0. The van der Waals surface area contributed by atoms with Crippen LogP contribution in [0.2, 0.25) is 0 Å². The van der Waals surface area contributed by atoms with Gasteiger partial charge in [0.15, 0.2) is 12.2 Å². The van der Waals surface area contributed by atoms with E-state index in [0.29, 0.717) is 25.7 Å². The minimum absolute atomic E-state index is 0.0827. The molecule has 0 fully saturated rings. The maximum Gasteiger partial charge on any atom is 0.472 e. The molecule has 0 radical (unpaired) electrons. The van der Waals surface area contributed by atoms with Crippen LogP contribution in [0.4, 0.5) is 0 Å². The van der Waals surface area contributed by atoms with Gasteiger partial charge in [0.25, 0.3) is 0 Å². The molecule has 0 aliphatic rings. The first kappa shape index (κ1) is 94.2. The standard InChI is InChI=1S/C79H140O17P2/c1-5-9-13-17-21-25-29-32-35-36-39-41-45-48-52-56-60-64-77(82)90-70-75(96-79(84)66-62-58-54-50-46-42-38-34-31-27-23-19-15-11-7-3)72-94-98(87,88)92-68-73(80)67-91-97(85,86)93-71-74(95-78(83)65-61-57-53-49-43-28-24-20-16-12-8-4)69-89-76(81)63-59-55-51-47-44-40-37-33-30-26-22-18-14-10-6-2/h9,13,20-22,24-26,32-35,37-38,73-75,80H,5-8,10-12,14-19,23,27-31,36,39-72H2,1-4H3,(H,85,86)(H,87,88)/b13-9-,24-20-,25-21-,26-22-,35-32-,37-33-,38-34-. The molecule has 0 amide bonds. The summed E-state index contributed by atoms with van der Waals surface area (Å²) in [5.74, 6) is -2.20. The number of hydrogen-bond acceptors (Lipinski definition) is 15. The van der Waals surface area contributed by atoms with Crippen LogP contribution in [0.1, 0.15) is 336 Å². The largest absolute Gasteiger partial charge is 0.472 e. The van der Waals surface area contributed by atoms with Crippen molar-refractivity contribution in [1.82, 2.24) is 0 Å². The van der Waals surface area contributed by atoms with Gasteiger partial charge >= 0.3 is 39.5 Å². The number of aliphatic hydroxyl groups excluding tert-OH is 1. The Morgan fingerprint density at radius 1 is 0.296 bits per heavy atom. The van der Waals surface area contributed by atoms with E-state index >= 15 is 0 Å². The van der Waals surface area contributed by atoms with E-state index < -0.39 is 97.5 Å². The normalized spacial score (nSPS) is 14.4. The first-order valence-electron chi connectivity index (χ1n) is 38.8. The van der Waals surface area contributed by atoms with Crippen LogP contribution < -0.4 is 0 Å². The van der Waals surface area contributed by atoms with Crippen molar-refractivity contribution in [2.75, 3.05) is 39.6 Å². The van der Waals surface area contributed by atoms with Crippen LogP contribution in [-0.4, -0.2) is 96.7 Å². The summed E-state index contributed by atoms with van der Waals surface area (Å²) in [7, 11) is -9.95. The lowest BCUT2D eigenvalue weighted by atomic mass is 10.1. The van der Waals surface area contributed by atoms with Gasteiger partial charge in [-0.1, -0.05) is 260 Å². The van der Waals surface area contributed by atoms with Crippen molar-refractivity contribution >= 4 is 39.5 Å². The Balaban J connectivity index is 5.33. The zero-order chi connectivity index (χ0) is 71.8. The highest BCUT2D eigenvalue weighted by molar-refractivity contribution is 7.47. The summed E-state index contributed by atoms with van der Waals surface area (Å²) in [4.78, 5) is 72.8. The molecule has 17 nitrogen and oxygen atoms in total. The van der Waals surface area contributed by atoms with Gasteiger partial charge in [0, 0.05) is 25.7 Å². The van der Waals surface area contributed by atoms with Crippen LogP contribution in [0.5, 0.6) is 0 Å². The number of hydrogen-bond donors (Lipinski definition) is 3. The topological polar surface area (TPSA) is 237 Å². The number of allylic oxidation sites excluding steroid dienone is 14. The Bertz CT molecular complexity index is 2190. The van der Waals surface area contributed by atoms with Gasteiger partial charge in [-0.15, -0.1) is 0 Å². The summed E-state index contributed by atoms with van der Waals surface area (Å²) in [6.45, 7) is 4.68. The first-order chi connectivity index (χ1) is 47.7. The molecule has 0 saturated carbocycles. The van der Waals surface area contributed by atoms with Gasteiger partial charge in [0.05, 0.1) is 26.4 Å². The number of phosphoric ester groups is 2. The van der Waals surface area contributed by atoms with Crippen molar-refractivity contribution in [3.63, 3.8) is 0 Å². The lowest BCUT2D eigenvalue weighted by Gasteiger charge is -2.21. The van der Waals surface area contributed by atoms with Crippen molar-refractivity contribution < 1.29 is 80.2 Å². The van der Waals surface area contributed by atoms with E-state index in [9.17, 15) is 43.2 Å². The third kappa shape index (κ3) is 70.7. The molecule has 568 valence electrons. The molecular formula is C79H140O17P2. The summed E-state index contributed by atoms with van der Waals surface area (Å²) >= 11 is 0. The van der Waals surface area contributed by atoms with Crippen LogP contribution in [0, 0.1) is 0 Å². The number of carbonyl (C=O) groups excluding carboxylic acids is 4. The second-order valence-electron chi connectivity index (χ2n) is 25.9.